The van der Waals surface area contributed by atoms with E-state index in [-0.39, 0.29) is 36.0 Å². The topological polar surface area (TPSA) is 218 Å². The summed E-state index contributed by atoms with van der Waals surface area (Å²) in [7, 11) is 0. The molecule has 0 aliphatic rings. The number of carbonyl (C=O) groups is 6. The Morgan fingerprint density at radius 2 is 1.32 bits per heavy atom. The first kappa shape index (κ1) is 54.4. The van der Waals surface area contributed by atoms with Gasteiger partial charge < -0.3 is 42.2 Å². The third-order valence-corrected chi connectivity index (χ3v) is 7.93. The Kier molecular flexibility index (Phi) is 34.6. The molecule has 15 heteroatoms. The van der Waals surface area contributed by atoms with Crippen molar-refractivity contribution in [3.8, 4) is 0 Å². The van der Waals surface area contributed by atoms with Crippen molar-refractivity contribution in [3.05, 3.63) is 0 Å². The zero-order valence-electron chi connectivity index (χ0n) is 34.7. The van der Waals surface area contributed by atoms with Gasteiger partial charge in [0.1, 0.15) is 12.1 Å². The molecule has 53 heavy (non-hydrogen) atoms. The Balaban J connectivity index is -0.00000473. The third-order valence-electron chi connectivity index (χ3n) is 7.28. The molecule has 0 saturated heterocycles. The van der Waals surface area contributed by atoms with Crippen molar-refractivity contribution in [1.82, 2.24) is 26.6 Å². The Labute approximate surface area is 324 Å². The molecule has 0 radical (unpaired) electrons. The first-order valence-electron chi connectivity index (χ1n) is 19.4. The van der Waals surface area contributed by atoms with Gasteiger partial charge in [-0.05, 0) is 68.9 Å². The number of ether oxygens (including phenoxy) is 1. The van der Waals surface area contributed by atoms with E-state index < -0.39 is 41.8 Å². The van der Waals surface area contributed by atoms with Crippen LogP contribution in [0.15, 0.2) is 0 Å². The summed E-state index contributed by atoms with van der Waals surface area (Å²) in [6.45, 7) is 19.6. The lowest BCUT2D eigenvalue weighted by Gasteiger charge is -2.29. The SMILES string of the molecule is CC.CCC.CCCC(=O)NCC(C)(C)COCC(C)(C)CC(=O)NC(CCSC)C(=O)NCC(=O)NC(CCCCNC(=O)CCCCN)C(=O)O. The van der Waals surface area contributed by atoms with E-state index in [1.807, 2.05) is 54.7 Å². The second-order valence-electron chi connectivity index (χ2n) is 14.4. The Hall–Kier alpha value is -2.91. The molecular formula is C38H76N6O8S. The van der Waals surface area contributed by atoms with Gasteiger partial charge in [-0.1, -0.05) is 68.7 Å². The molecule has 0 bridgehead atoms. The highest BCUT2D eigenvalue weighted by Crippen LogP contribution is 2.23. The second kappa shape index (κ2) is 33.6. The summed E-state index contributed by atoms with van der Waals surface area (Å²) >= 11 is 1.51. The van der Waals surface area contributed by atoms with Crippen LogP contribution in [0.5, 0.6) is 0 Å². The van der Waals surface area contributed by atoms with Crippen LogP contribution in [-0.4, -0.2) is 104 Å². The fourth-order valence-corrected chi connectivity index (χ4v) is 5.03. The lowest BCUT2D eigenvalue weighted by molar-refractivity contribution is -0.142. The maximum Gasteiger partial charge on any atom is 0.326 e. The number of rotatable bonds is 28. The van der Waals surface area contributed by atoms with Crippen LogP contribution in [-0.2, 0) is 33.5 Å². The molecule has 0 aliphatic carbocycles. The van der Waals surface area contributed by atoms with Gasteiger partial charge in [0.2, 0.25) is 29.5 Å². The highest BCUT2D eigenvalue weighted by Gasteiger charge is 2.28. The fourth-order valence-electron chi connectivity index (χ4n) is 4.56. The molecular weight excluding hydrogens is 701 g/mol. The minimum Gasteiger partial charge on any atom is -0.480 e. The summed E-state index contributed by atoms with van der Waals surface area (Å²) in [5.74, 6) is -2.21. The molecule has 0 fully saturated rings. The molecule has 0 spiro atoms. The van der Waals surface area contributed by atoms with Crippen LogP contribution in [0.3, 0.4) is 0 Å². The molecule has 2 unspecified atom stereocenters. The van der Waals surface area contributed by atoms with E-state index in [0.717, 1.165) is 12.8 Å². The summed E-state index contributed by atoms with van der Waals surface area (Å²) in [6.07, 6.45) is 7.90. The van der Waals surface area contributed by atoms with Gasteiger partial charge in [-0.25, -0.2) is 4.79 Å². The molecule has 2 atom stereocenters. The van der Waals surface area contributed by atoms with Crippen LogP contribution in [0.1, 0.15) is 133 Å². The average molecular weight is 777 g/mol. The van der Waals surface area contributed by atoms with E-state index in [0.29, 0.717) is 77.1 Å². The number of thioether (sulfide) groups is 1. The van der Waals surface area contributed by atoms with Gasteiger partial charge in [0.05, 0.1) is 19.8 Å². The summed E-state index contributed by atoms with van der Waals surface area (Å²) < 4.78 is 5.93. The van der Waals surface area contributed by atoms with Crippen LogP contribution in [0.2, 0.25) is 0 Å². The molecule has 0 aromatic carbocycles. The van der Waals surface area contributed by atoms with Gasteiger partial charge in [0, 0.05) is 37.8 Å². The number of nitrogens with one attached hydrogen (secondary N) is 5. The number of carboxylic acids is 1. The van der Waals surface area contributed by atoms with Gasteiger partial charge in [0.25, 0.3) is 0 Å². The number of nitrogens with two attached hydrogens (primary N) is 1. The van der Waals surface area contributed by atoms with E-state index in [9.17, 15) is 33.9 Å². The van der Waals surface area contributed by atoms with Crippen LogP contribution in [0.25, 0.3) is 0 Å². The Morgan fingerprint density at radius 3 is 1.89 bits per heavy atom. The summed E-state index contributed by atoms with van der Waals surface area (Å²) in [6, 6.07) is -2.02. The Morgan fingerprint density at radius 1 is 0.736 bits per heavy atom. The minimum atomic E-state index is -1.19. The van der Waals surface area contributed by atoms with E-state index in [4.69, 9.17) is 10.5 Å². The molecule has 0 rings (SSSR count). The van der Waals surface area contributed by atoms with Crippen LogP contribution in [0.4, 0.5) is 0 Å². The largest absolute Gasteiger partial charge is 0.480 e. The first-order valence-corrected chi connectivity index (χ1v) is 20.8. The Bertz CT molecular complexity index is 1030. The van der Waals surface area contributed by atoms with Crippen molar-refractivity contribution in [2.75, 3.05) is 51.4 Å². The van der Waals surface area contributed by atoms with Crippen molar-refractivity contribution in [2.24, 2.45) is 16.6 Å². The summed E-state index contributed by atoms with van der Waals surface area (Å²) in [5.41, 5.74) is 4.60. The van der Waals surface area contributed by atoms with Crippen LogP contribution < -0.4 is 32.3 Å². The minimum absolute atomic E-state index is 0.00734. The standard InChI is InChI=1S/C33H62N6O8S.C3H8.C2H6/c1-7-12-26(40)37-21-33(4,5)23-47-22-32(2,3)19-28(42)38-24(15-18-48-6)30(44)36-20-29(43)39-25(31(45)46)13-9-11-17-35-27(41)14-8-10-16-34;1-3-2;1-2/h24-25H,7-23,34H2,1-6H3,(H,35,41)(H,36,44)(H,37,40)(H,38,42)(H,39,43)(H,45,46);3H2,1-2H3;1-2H3. The van der Waals surface area contributed by atoms with E-state index >= 15 is 0 Å². The summed E-state index contributed by atoms with van der Waals surface area (Å²) in [5, 5.41) is 23.0. The highest BCUT2D eigenvalue weighted by molar-refractivity contribution is 7.98. The van der Waals surface area contributed by atoms with E-state index in [1.165, 1.54) is 18.2 Å². The molecule has 0 saturated carbocycles. The number of unbranched alkanes of at least 4 members (excludes halogenated alkanes) is 2. The quantitative estimate of drug-likeness (QED) is 0.0564. The van der Waals surface area contributed by atoms with Crippen molar-refractivity contribution < 1.29 is 38.6 Å². The van der Waals surface area contributed by atoms with Crippen molar-refractivity contribution in [1.29, 1.82) is 0 Å². The maximum atomic E-state index is 13.0. The molecule has 312 valence electrons. The average Bonchev–Trinajstić information content (AvgIpc) is 3.08. The lowest BCUT2D eigenvalue weighted by Crippen LogP contribution is -2.51. The lowest BCUT2D eigenvalue weighted by atomic mass is 9.89. The van der Waals surface area contributed by atoms with Gasteiger partial charge >= 0.3 is 5.97 Å². The molecule has 0 aromatic rings. The molecule has 0 aliphatic heterocycles. The van der Waals surface area contributed by atoms with Crippen molar-refractivity contribution in [3.63, 3.8) is 0 Å². The van der Waals surface area contributed by atoms with E-state index in [1.54, 1.807) is 0 Å². The first-order chi connectivity index (χ1) is 25.0. The van der Waals surface area contributed by atoms with Crippen LogP contribution in [0, 0.1) is 10.8 Å². The fraction of sp³-hybridized carbons (Fsp3) is 0.842. The van der Waals surface area contributed by atoms with Gasteiger partial charge in [0.15, 0.2) is 0 Å². The van der Waals surface area contributed by atoms with Gasteiger partial charge in [-0.2, -0.15) is 11.8 Å². The van der Waals surface area contributed by atoms with Gasteiger partial charge in [-0.3, -0.25) is 24.0 Å². The highest BCUT2D eigenvalue weighted by atomic mass is 32.2. The molecule has 14 nitrogen and oxygen atoms in total. The molecule has 0 aromatic heterocycles. The van der Waals surface area contributed by atoms with Crippen LogP contribution >= 0.6 is 11.8 Å². The number of hydrogen-bond donors (Lipinski definition) is 7. The number of amides is 5. The smallest absolute Gasteiger partial charge is 0.326 e. The third kappa shape index (κ3) is 33.4. The maximum absolute atomic E-state index is 13.0. The molecule has 8 N–H and O–H groups in total. The van der Waals surface area contributed by atoms with Crippen molar-refractivity contribution in [2.45, 2.75) is 145 Å². The predicted molar refractivity (Wildman–Crippen MR) is 216 cm³/mol. The normalized spacial score (nSPS) is 12.1. The number of carboxylic acid groups (broad SMARTS) is 1. The van der Waals surface area contributed by atoms with Gasteiger partial charge in [-0.15, -0.1) is 0 Å². The molecule has 5 amide bonds. The predicted octanol–water partition coefficient (Wildman–Crippen LogP) is 4.14. The second-order valence-corrected chi connectivity index (χ2v) is 15.4. The zero-order chi connectivity index (χ0) is 41.3. The zero-order valence-corrected chi connectivity index (χ0v) is 35.5. The number of aliphatic carboxylic acids is 1. The van der Waals surface area contributed by atoms with Crippen molar-refractivity contribution >= 4 is 47.3 Å². The number of hydrogen-bond acceptors (Lipinski definition) is 9. The summed E-state index contributed by atoms with van der Waals surface area (Å²) in [4.78, 5) is 73.7. The van der Waals surface area contributed by atoms with E-state index in [2.05, 4.69) is 40.4 Å². The molecule has 0 heterocycles. The monoisotopic (exact) mass is 777 g/mol. The number of carbonyl (C=O) groups excluding carboxylic acids is 5.